The van der Waals surface area contributed by atoms with Crippen molar-refractivity contribution in [1.82, 2.24) is 9.55 Å². The average molecular weight is 260 g/mol. The predicted octanol–water partition coefficient (Wildman–Crippen LogP) is 2.73. The van der Waals surface area contributed by atoms with Crippen molar-refractivity contribution in [1.29, 1.82) is 0 Å². The summed E-state index contributed by atoms with van der Waals surface area (Å²) in [7, 11) is 0. The fraction of sp³-hybridized carbons (Fsp3) is 0.308. The molecule has 0 bridgehead atoms. The van der Waals surface area contributed by atoms with Crippen molar-refractivity contribution in [2.45, 2.75) is 26.9 Å². The maximum absolute atomic E-state index is 10.9. The van der Waals surface area contributed by atoms with Crippen LogP contribution in [0.4, 0.5) is 11.4 Å². The quantitative estimate of drug-likeness (QED) is 0.662. The highest BCUT2D eigenvalue weighted by molar-refractivity contribution is 5.59. The summed E-state index contributed by atoms with van der Waals surface area (Å²) in [6.45, 7) is 5.24. The second kappa shape index (κ2) is 5.51. The Balaban J connectivity index is 2.16. The maximum Gasteiger partial charge on any atom is 0.274 e. The van der Waals surface area contributed by atoms with Crippen molar-refractivity contribution in [3.05, 3.63) is 52.1 Å². The van der Waals surface area contributed by atoms with Gasteiger partial charge in [-0.3, -0.25) is 10.1 Å². The van der Waals surface area contributed by atoms with Gasteiger partial charge in [0, 0.05) is 30.1 Å². The van der Waals surface area contributed by atoms with Crippen LogP contribution in [0.5, 0.6) is 0 Å². The van der Waals surface area contributed by atoms with Crippen LogP contribution < -0.4 is 5.32 Å². The summed E-state index contributed by atoms with van der Waals surface area (Å²) in [6, 6.07) is 5.04. The third-order valence-electron chi connectivity index (χ3n) is 3.10. The number of nitro groups is 1. The Morgan fingerprint density at radius 3 is 2.95 bits per heavy atom. The highest BCUT2D eigenvalue weighted by atomic mass is 16.6. The van der Waals surface area contributed by atoms with Gasteiger partial charge in [0.05, 0.1) is 23.5 Å². The van der Waals surface area contributed by atoms with Crippen molar-refractivity contribution in [3.8, 4) is 0 Å². The van der Waals surface area contributed by atoms with E-state index < -0.39 is 0 Å². The van der Waals surface area contributed by atoms with E-state index in [1.807, 2.05) is 17.6 Å². The molecule has 0 spiro atoms. The lowest BCUT2D eigenvalue weighted by Gasteiger charge is -2.10. The van der Waals surface area contributed by atoms with E-state index in [4.69, 9.17) is 0 Å². The smallest absolute Gasteiger partial charge is 0.274 e. The molecule has 0 aliphatic rings. The van der Waals surface area contributed by atoms with E-state index in [2.05, 4.69) is 10.3 Å². The summed E-state index contributed by atoms with van der Waals surface area (Å²) >= 11 is 0. The van der Waals surface area contributed by atoms with Crippen LogP contribution >= 0.6 is 0 Å². The first-order valence-electron chi connectivity index (χ1n) is 6.10. The molecule has 19 heavy (non-hydrogen) atoms. The topological polar surface area (TPSA) is 73.0 Å². The Morgan fingerprint density at radius 2 is 2.26 bits per heavy atom. The van der Waals surface area contributed by atoms with Gasteiger partial charge >= 0.3 is 0 Å². The highest BCUT2D eigenvalue weighted by Gasteiger charge is 2.13. The van der Waals surface area contributed by atoms with Gasteiger partial charge in [-0.2, -0.15) is 0 Å². The van der Waals surface area contributed by atoms with Crippen LogP contribution in [0.15, 0.2) is 30.7 Å². The normalized spacial score (nSPS) is 10.4. The lowest BCUT2D eigenvalue weighted by Crippen LogP contribution is -2.07. The number of benzene rings is 1. The van der Waals surface area contributed by atoms with Crippen molar-refractivity contribution < 1.29 is 4.92 Å². The molecular weight excluding hydrogens is 244 g/mol. The fourth-order valence-electron chi connectivity index (χ4n) is 1.98. The van der Waals surface area contributed by atoms with E-state index in [0.717, 1.165) is 17.9 Å². The van der Waals surface area contributed by atoms with Gasteiger partial charge in [-0.15, -0.1) is 0 Å². The minimum absolute atomic E-state index is 0.133. The molecule has 2 rings (SSSR count). The van der Waals surface area contributed by atoms with Crippen LogP contribution in [-0.2, 0) is 13.1 Å². The van der Waals surface area contributed by atoms with E-state index in [9.17, 15) is 10.1 Å². The zero-order valence-electron chi connectivity index (χ0n) is 11.0. The van der Waals surface area contributed by atoms with Crippen LogP contribution in [0.3, 0.4) is 0 Å². The van der Waals surface area contributed by atoms with Gasteiger partial charge in [0.1, 0.15) is 0 Å². The maximum atomic E-state index is 10.9. The largest absolute Gasteiger partial charge is 0.379 e. The summed E-state index contributed by atoms with van der Waals surface area (Å²) in [5.41, 5.74) is 2.61. The molecule has 0 fully saturated rings. The monoisotopic (exact) mass is 260 g/mol. The third-order valence-corrected chi connectivity index (χ3v) is 3.10. The number of nitrogens with zero attached hydrogens (tertiary/aromatic N) is 3. The number of imidazole rings is 1. The Morgan fingerprint density at radius 1 is 1.47 bits per heavy atom. The van der Waals surface area contributed by atoms with Crippen molar-refractivity contribution in [2.24, 2.45) is 0 Å². The van der Waals surface area contributed by atoms with Crippen molar-refractivity contribution >= 4 is 11.4 Å². The van der Waals surface area contributed by atoms with Crippen LogP contribution in [0.25, 0.3) is 0 Å². The van der Waals surface area contributed by atoms with E-state index >= 15 is 0 Å². The van der Waals surface area contributed by atoms with Gasteiger partial charge in [0.2, 0.25) is 0 Å². The van der Waals surface area contributed by atoms with E-state index in [1.165, 1.54) is 6.07 Å². The molecule has 6 nitrogen and oxygen atoms in total. The number of anilines is 1. The Kier molecular flexibility index (Phi) is 3.79. The van der Waals surface area contributed by atoms with E-state index in [0.29, 0.717) is 12.1 Å². The van der Waals surface area contributed by atoms with E-state index in [-0.39, 0.29) is 10.6 Å². The number of aromatic nitrogens is 2. The van der Waals surface area contributed by atoms with Crippen LogP contribution in [-0.4, -0.2) is 14.5 Å². The molecule has 100 valence electrons. The first-order valence-corrected chi connectivity index (χ1v) is 6.10. The highest BCUT2D eigenvalue weighted by Crippen LogP contribution is 2.25. The van der Waals surface area contributed by atoms with Crippen LogP contribution in [0.2, 0.25) is 0 Å². The standard InChI is InChI=1S/C13H16N4O2/c1-3-16-9-14-7-11(16)8-15-12-5-4-6-13(10(12)2)17(18)19/h4-7,9,15H,3,8H2,1-2H3. The van der Waals surface area contributed by atoms with Crippen LogP contribution in [0, 0.1) is 17.0 Å². The van der Waals surface area contributed by atoms with Gasteiger partial charge in [0.15, 0.2) is 0 Å². The molecule has 0 atom stereocenters. The minimum Gasteiger partial charge on any atom is -0.379 e. The first-order chi connectivity index (χ1) is 9.13. The molecule has 0 saturated carbocycles. The zero-order valence-corrected chi connectivity index (χ0v) is 11.0. The molecule has 1 aromatic heterocycles. The summed E-state index contributed by atoms with van der Waals surface area (Å²) in [5.74, 6) is 0. The van der Waals surface area contributed by atoms with Gasteiger partial charge in [-0.25, -0.2) is 4.98 Å². The summed E-state index contributed by atoms with van der Waals surface area (Å²) in [5, 5.41) is 14.1. The summed E-state index contributed by atoms with van der Waals surface area (Å²) < 4.78 is 2.03. The molecule has 0 unspecified atom stereocenters. The Bertz CT molecular complexity index is 592. The molecule has 0 radical (unpaired) electrons. The van der Waals surface area contributed by atoms with Gasteiger partial charge in [-0.1, -0.05) is 6.07 Å². The molecule has 1 N–H and O–H groups in total. The molecule has 2 aromatic rings. The van der Waals surface area contributed by atoms with Gasteiger partial charge in [0.25, 0.3) is 5.69 Å². The first kappa shape index (κ1) is 13.1. The van der Waals surface area contributed by atoms with Gasteiger partial charge < -0.3 is 9.88 Å². The summed E-state index contributed by atoms with van der Waals surface area (Å²) in [4.78, 5) is 14.6. The zero-order chi connectivity index (χ0) is 13.8. The Labute approximate surface area is 111 Å². The molecular formula is C13H16N4O2. The number of aryl methyl sites for hydroxylation is 1. The van der Waals surface area contributed by atoms with Crippen molar-refractivity contribution in [2.75, 3.05) is 5.32 Å². The lowest BCUT2D eigenvalue weighted by atomic mass is 10.1. The second-order valence-electron chi connectivity index (χ2n) is 4.23. The molecule has 1 heterocycles. The van der Waals surface area contributed by atoms with Gasteiger partial charge in [-0.05, 0) is 19.9 Å². The lowest BCUT2D eigenvalue weighted by molar-refractivity contribution is -0.385. The number of rotatable bonds is 5. The molecule has 1 aromatic carbocycles. The predicted molar refractivity (Wildman–Crippen MR) is 73.1 cm³/mol. The Hall–Kier alpha value is -2.37. The molecule has 0 aliphatic heterocycles. The molecule has 0 saturated heterocycles. The average Bonchev–Trinajstić information content (AvgIpc) is 2.84. The summed E-state index contributed by atoms with van der Waals surface area (Å²) in [6.07, 6.45) is 3.57. The SMILES string of the molecule is CCn1cncc1CNc1cccc([N+](=O)[O-])c1C. The number of nitro benzene ring substituents is 1. The number of hydrogen-bond donors (Lipinski definition) is 1. The van der Waals surface area contributed by atoms with Crippen LogP contribution in [0.1, 0.15) is 18.2 Å². The molecule has 0 aliphatic carbocycles. The minimum atomic E-state index is -0.364. The molecule has 6 heteroatoms. The third kappa shape index (κ3) is 2.73. The number of hydrogen-bond acceptors (Lipinski definition) is 4. The van der Waals surface area contributed by atoms with E-state index in [1.54, 1.807) is 25.5 Å². The second-order valence-corrected chi connectivity index (χ2v) is 4.23. The van der Waals surface area contributed by atoms with Crippen molar-refractivity contribution in [3.63, 3.8) is 0 Å². The number of nitrogens with one attached hydrogen (secondary N) is 1. The molecule has 0 amide bonds. The fourth-order valence-corrected chi connectivity index (χ4v) is 1.98.